The highest BCUT2D eigenvalue weighted by Gasteiger charge is 2.24. The molecule has 1 aliphatic rings. The first-order chi connectivity index (χ1) is 14.4. The highest BCUT2D eigenvalue weighted by molar-refractivity contribution is 7.22. The molecule has 1 aliphatic heterocycles. The second kappa shape index (κ2) is 8.07. The summed E-state index contributed by atoms with van der Waals surface area (Å²) in [6.07, 6.45) is 2.00. The van der Waals surface area contributed by atoms with E-state index in [-0.39, 0.29) is 17.2 Å². The van der Waals surface area contributed by atoms with E-state index in [0.717, 1.165) is 30.6 Å². The van der Waals surface area contributed by atoms with Crippen LogP contribution in [0.4, 0.5) is 22.2 Å². The van der Waals surface area contributed by atoms with Crippen LogP contribution >= 0.6 is 11.3 Å². The van der Waals surface area contributed by atoms with Crippen LogP contribution in [0.2, 0.25) is 0 Å². The molecule has 2 heterocycles. The van der Waals surface area contributed by atoms with E-state index in [1.807, 2.05) is 4.90 Å². The predicted octanol–water partition coefficient (Wildman–Crippen LogP) is 4.02. The number of anilines is 3. The van der Waals surface area contributed by atoms with Crippen LogP contribution in [0.25, 0.3) is 10.2 Å². The molecule has 154 valence electrons. The summed E-state index contributed by atoms with van der Waals surface area (Å²) in [6, 6.07) is 9.80. The normalized spacial score (nSPS) is 13.4. The summed E-state index contributed by atoms with van der Waals surface area (Å²) in [7, 11) is 0. The van der Waals surface area contributed by atoms with Crippen molar-refractivity contribution in [2.75, 3.05) is 28.6 Å². The fraction of sp³-hybridized carbons (Fsp3) is 0.250. The van der Waals surface area contributed by atoms with Gasteiger partial charge in [0.2, 0.25) is 5.91 Å². The van der Waals surface area contributed by atoms with Crippen LogP contribution in [0.5, 0.6) is 0 Å². The van der Waals surface area contributed by atoms with Gasteiger partial charge >= 0.3 is 0 Å². The predicted molar refractivity (Wildman–Crippen MR) is 116 cm³/mol. The lowest BCUT2D eigenvalue weighted by Crippen LogP contribution is -2.19. The van der Waals surface area contributed by atoms with Gasteiger partial charge in [0.1, 0.15) is 5.69 Å². The van der Waals surface area contributed by atoms with Gasteiger partial charge in [-0.2, -0.15) is 0 Å². The van der Waals surface area contributed by atoms with Crippen LogP contribution in [0.1, 0.15) is 30.1 Å². The standard InChI is InChI=1S/C20H19N5O4S/c1-12(26)21-14-5-6-15-18(11-14)30-20(22-15)23-19(27)13-4-7-16(17(10-13)25(28)29)24-8-2-3-9-24/h4-7,10-11H,2-3,8-9H2,1H3,(H,21,26)(H,22,23,27). The molecule has 30 heavy (non-hydrogen) atoms. The van der Waals surface area contributed by atoms with Gasteiger partial charge in [-0.15, -0.1) is 0 Å². The monoisotopic (exact) mass is 425 g/mol. The van der Waals surface area contributed by atoms with E-state index in [0.29, 0.717) is 22.0 Å². The van der Waals surface area contributed by atoms with Crippen molar-refractivity contribution in [3.63, 3.8) is 0 Å². The molecule has 0 bridgehead atoms. The van der Waals surface area contributed by atoms with Gasteiger partial charge < -0.3 is 10.2 Å². The fourth-order valence-electron chi connectivity index (χ4n) is 3.46. The van der Waals surface area contributed by atoms with Crippen LogP contribution in [-0.2, 0) is 4.79 Å². The quantitative estimate of drug-likeness (QED) is 0.471. The number of carbonyl (C=O) groups excluding carboxylic acids is 2. The maximum atomic E-state index is 12.7. The van der Waals surface area contributed by atoms with Gasteiger partial charge in [0, 0.05) is 37.3 Å². The minimum Gasteiger partial charge on any atom is -0.366 e. The van der Waals surface area contributed by atoms with E-state index in [1.54, 1.807) is 30.3 Å². The van der Waals surface area contributed by atoms with Gasteiger partial charge in [0.25, 0.3) is 11.6 Å². The molecule has 3 aromatic rings. The first kappa shape index (κ1) is 19.8. The van der Waals surface area contributed by atoms with Gasteiger partial charge in [-0.3, -0.25) is 25.0 Å². The van der Waals surface area contributed by atoms with Crippen molar-refractivity contribution in [1.82, 2.24) is 4.98 Å². The maximum absolute atomic E-state index is 12.7. The molecular formula is C20H19N5O4S. The zero-order valence-electron chi connectivity index (χ0n) is 16.2. The third kappa shape index (κ3) is 4.08. The summed E-state index contributed by atoms with van der Waals surface area (Å²) in [6.45, 7) is 2.98. The average molecular weight is 425 g/mol. The third-order valence-electron chi connectivity index (χ3n) is 4.81. The van der Waals surface area contributed by atoms with E-state index < -0.39 is 10.8 Å². The molecule has 1 saturated heterocycles. The van der Waals surface area contributed by atoms with Gasteiger partial charge in [-0.25, -0.2) is 4.98 Å². The zero-order valence-corrected chi connectivity index (χ0v) is 17.0. The van der Waals surface area contributed by atoms with Gasteiger partial charge in [-0.05, 0) is 43.2 Å². The third-order valence-corrected chi connectivity index (χ3v) is 5.74. The number of benzene rings is 2. The molecule has 9 nitrogen and oxygen atoms in total. The number of amides is 2. The van der Waals surface area contributed by atoms with Crippen molar-refractivity contribution in [2.24, 2.45) is 0 Å². The van der Waals surface area contributed by atoms with Gasteiger partial charge in [-0.1, -0.05) is 11.3 Å². The number of nitro benzene ring substituents is 1. The Labute approximate surface area is 175 Å². The van der Waals surface area contributed by atoms with Crippen molar-refractivity contribution in [1.29, 1.82) is 0 Å². The summed E-state index contributed by atoms with van der Waals surface area (Å²) in [5.74, 6) is -0.640. The molecule has 0 unspecified atom stereocenters. The summed E-state index contributed by atoms with van der Waals surface area (Å²) in [5.41, 5.74) is 1.99. The van der Waals surface area contributed by atoms with Crippen molar-refractivity contribution in [2.45, 2.75) is 19.8 Å². The number of thiazole rings is 1. The van der Waals surface area contributed by atoms with E-state index in [1.165, 1.54) is 24.3 Å². The Morgan fingerprint density at radius 2 is 1.90 bits per heavy atom. The molecule has 2 aromatic carbocycles. The number of nitro groups is 1. The number of fused-ring (bicyclic) bond motifs is 1. The van der Waals surface area contributed by atoms with Crippen molar-refractivity contribution >= 4 is 55.6 Å². The number of hydrogen-bond acceptors (Lipinski definition) is 7. The van der Waals surface area contributed by atoms with Crippen LogP contribution in [0, 0.1) is 10.1 Å². The number of nitrogens with one attached hydrogen (secondary N) is 2. The molecule has 2 N–H and O–H groups in total. The second-order valence-electron chi connectivity index (χ2n) is 6.99. The number of carbonyl (C=O) groups is 2. The first-order valence-corrected chi connectivity index (χ1v) is 10.3. The number of aromatic nitrogens is 1. The molecular weight excluding hydrogens is 406 g/mol. The molecule has 2 amide bonds. The lowest BCUT2D eigenvalue weighted by Gasteiger charge is -2.17. The number of nitrogens with zero attached hydrogens (tertiary/aromatic N) is 3. The zero-order chi connectivity index (χ0) is 21.3. The first-order valence-electron chi connectivity index (χ1n) is 9.43. The minimum absolute atomic E-state index is 0.0752. The van der Waals surface area contributed by atoms with E-state index in [9.17, 15) is 19.7 Å². The largest absolute Gasteiger partial charge is 0.366 e. The maximum Gasteiger partial charge on any atom is 0.293 e. The van der Waals surface area contributed by atoms with E-state index in [4.69, 9.17) is 0 Å². The average Bonchev–Trinajstić information content (AvgIpc) is 3.36. The molecule has 1 fully saturated rings. The Hall–Kier alpha value is -3.53. The van der Waals surface area contributed by atoms with Crippen LogP contribution in [-0.4, -0.2) is 34.8 Å². The second-order valence-corrected chi connectivity index (χ2v) is 8.02. The molecule has 1 aromatic heterocycles. The Kier molecular flexibility index (Phi) is 5.32. The van der Waals surface area contributed by atoms with Crippen LogP contribution in [0.3, 0.4) is 0 Å². The van der Waals surface area contributed by atoms with Gasteiger partial charge in [0.05, 0.1) is 15.1 Å². The summed E-state index contributed by atoms with van der Waals surface area (Å²) in [5, 5.41) is 17.3. The van der Waals surface area contributed by atoms with Crippen molar-refractivity contribution in [3.05, 3.63) is 52.1 Å². The van der Waals surface area contributed by atoms with Gasteiger partial charge in [0.15, 0.2) is 5.13 Å². The molecule has 0 aliphatic carbocycles. The Balaban J connectivity index is 1.56. The Morgan fingerprint density at radius 1 is 1.13 bits per heavy atom. The molecule has 0 spiro atoms. The summed E-state index contributed by atoms with van der Waals surface area (Å²) >= 11 is 1.26. The molecule has 0 atom stereocenters. The van der Waals surface area contributed by atoms with E-state index in [2.05, 4.69) is 15.6 Å². The molecule has 4 rings (SSSR count). The number of hydrogen-bond donors (Lipinski definition) is 2. The van der Waals surface area contributed by atoms with Crippen LogP contribution < -0.4 is 15.5 Å². The number of rotatable bonds is 5. The summed E-state index contributed by atoms with van der Waals surface area (Å²) < 4.78 is 0.798. The SMILES string of the molecule is CC(=O)Nc1ccc2nc(NC(=O)c3ccc(N4CCCC4)c([N+](=O)[O-])c3)sc2c1. The van der Waals surface area contributed by atoms with E-state index >= 15 is 0 Å². The lowest BCUT2D eigenvalue weighted by molar-refractivity contribution is -0.384. The van der Waals surface area contributed by atoms with Crippen molar-refractivity contribution < 1.29 is 14.5 Å². The topological polar surface area (TPSA) is 117 Å². The molecule has 10 heteroatoms. The lowest BCUT2D eigenvalue weighted by atomic mass is 10.1. The molecule has 0 saturated carbocycles. The van der Waals surface area contributed by atoms with Crippen molar-refractivity contribution in [3.8, 4) is 0 Å². The Morgan fingerprint density at radius 3 is 2.60 bits per heavy atom. The summed E-state index contributed by atoms with van der Waals surface area (Å²) in [4.78, 5) is 41.3. The minimum atomic E-state index is -0.466. The Bertz CT molecular complexity index is 1150. The molecule has 0 radical (unpaired) electrons. The highest BCUT2D eigenvalue weighted by atomic mass is 32.1. The smallest absolute Gasteiger partial charge is 0.293 e. The van der Waals surface area contributed by atoms with Crippen LogP contribution in [0.15, 0.2) is 36.4 Å². The highest BCUT2D eigenvalue weighted by Crippen LogP contribution is 2.33. The fourth-order valence-corrected chi connectivity index (χ4v) is 4.36.